The second-order valence-electron chi connectivity index (χ2n) is 5.56. The Hall–Kier alpha value is -1.95. The van der Waals surface area contributed by atoms with Gasteiger partial charge in [0.2, 0.25) is 0 Å². The lowest BCUT2D eigenvalue weighted by molar-refractivity contribution is 0.500. The van der Waals surface area contributed by atoms with Crippen LogP contribution in [0.2, 0.25) is 0 Å². The van der Waals surface area contributed by atoms with Gasteiger partial charge in [-0.15, -0.1) is 0 Å². The van der Waals surface area contributed by atoms with Crippen LogP contribution in [0, 0.1) is 19.7 Å². The smallest absolute Gasteiger partial charge is 0.191 e. The van der Waals surface area contributed by atoms with Crippen LogP contribution in [0.15, 0.2) is 33.7 Å². The summed E-state index contributed by atoms with van der Waals surface area (Å²) in [6, 6.07) is 6.94. The molecule has 0 aliphatic rings. The van der Waals surface area contributed by atoms with Gasteiger partial charge in [0, 0.05) is 31.5 Å². The molecule has 4 nitrogen and oxygen atoms in total. The second kappa shape index (κ2) is 8.78. The average Bonchev–Trinajstić information content (AvgIpc) is 2.87. The van der Waals surface area contributed by atoms with Gasteiger partial charge in [-0.05, 0) is 49.4 Å². The first kappa shape index (κ1) is 18.4. The number of hydrogen-bond acceptors (Lipinski definition) is 3. The molecule has 0 aliphatic heterocycles. The SMILES string of the molecule is CN=C(NCc1ccc(F)cc1CSC)NCc1cc(C)oc1C. The number of halogens is 1. The molecule has 0 spiro atoms. The van der Waals surface area contributed by atoms with Crippen LogP contribution in [0.4, 0.5) is 4.39 Å². The zero-order valence-corrected chi connectivity index (χ0v) is 15.4. The fourth-order valence-electron chi connectivity index (χ4n) is 2.49. The lowest BCUT2D eigenvalue weighted by atomic mass is 10.1. The van der Waals surface area contributed by atoms with Crippen molar-refractivity contribution in [2.75, 3.05) is 13.3 Å². The van der Waals surface area contributed by atoms with Crippen molar-refractivity contribution in [3.05, 3.63) is 58.3 Å². The maximum atomic E-state index is 13.4. The normalized spacial score (nSPS) is 11.6. The van der Waals surface area contributed by atoms with Gasteiger partial charge in [-0.3, -0.25) is 4.99 Å². The Kier molecular flexibility index (Phi) is 6.73. The molecule has 0 unspecified atom stereocenters. The number of furan rings is 1. The van der Waals surface area contributed by atoms with E-state index in [0.717, 1.165) is 34.0 Å². The standard InChI is InChI=1S/C18H24FN3OS/c1-12-7-15(13(2)23-12)10-22-18(20-3)21-9-14-5-6-17(19)8-16(14)11-24-4/h5-8H,9-11H2,1-4H3,(H2,20,21,22). The van der Waals surface area contributed by atoms with Crippen molar-refractivity contribution >= 4 is 17.7 Å². The fraction of sp³-hybridized carbons (Fsp3) is 0.389. The molecule has 0 aliphatic carbocycles. The Bertz CT molecular complexity index is 712. The summed E-state index contributed by atoms with van der Waals surface area (Å²) in [5, 5.41) is 6.55. The Morgan fingerprint density at radius 1 is 1.12 bits per heavy atom. The highest BCUT2D eigenvalue weighted by atomic mass is 32.2. The molecule has 24 heavy (non-hydrogen) atoms. The average molecular weight is 349 g/mol. The molecule has 0 saturated carbocycles. The number of guanidine groups is 1. The van der Waals surface area contributed by atoms with E-state index < -0.39 is 0 Å². The second-order valence-corrected chi connectivity index (χ2v) is 6.43. The molecule has 0 amide bonds. The van der Waals surface area contributed by atoms with Crippen molar-refractivity contribution in [3.8, 4) is 0 Å². The van der Waals surface area contributed by atoms with Crippen LogP contribution >= 0.6 is 11.8 Å². The Labute approximate surface area is 146 Å². The summed E-state index contributed by atoms with van der Waals surface area (Å²) in [7, 11) is 1.73. The number of benzene rings is 1. The quantitative estimate of drug-likeness (QED) is 0.616. The summed E-state index contributed by atoms with van der Waals surface area (Å²) in [6.07, 6.45) is 2.01. The first-order valence-electron chi connectivity index (χ1n) is 7.80. The van der Waals surface area contributed by atoms with Gasteiger partial charge in [0.15, 0.2) is 5.96 Å². The Balaban J connectivity index is 1.95. The largest absolute Gasteiger partial charge is 0.466 e. The van der Waals surface area contributed by atoms with E-state index in [1.807, 2.05) is 32.2 Å². The highest BCUT2D eigenvalue weighted by Gasteiger charge is 2.07. The van der Waals surface area contributed by atoms with Crippen molar-refractivity contribution in [1.29, 1.82) is 0 Å². The van der Waals surface area contributed by atoms with Crippen LogP contribution in [0.25, 0.3) is 0 Å². The van der Waals surface area contributed by atoms with E-state index in [-0.39, 0.29) is 5.82 Å². The van der Waals surface area contributed by atoms with Crippen molar-refractivity contribution in [2.24, 2.45) is 4.99 Å². The third-order valence-corrected chi connectivity index (χ3v) is 4.33. The van der Waals surface area contributed by atoms with Crippen LogP contribution in [-0.4, -0.2) is 19.3 Å². The molecule has 0 fully saturated rings. The minimum absolute atomic E-state index is 0.198. The molecule has 2 aromatic rings. The van der Waals surface area contributed by atoms with Crippen molar-refractivity contribution in [1.82, 2.24) is 10.6 Å². The number of aryl methyl sites for hydroxylation is 2. The van der Waals surface area contributed by atoms with Crippen LogP contribution < -0.4 is 10.6 Å². The van der Waals surface area contributed by atoms with Gasteiger partial charge in [0.05, 0.1) is 0 Å². The molecule has 0 saturated heterocycles. The fourth-order valence-corrected chi connectivity index (χ4v) is 3.07. The summed E-state index contributed by atoms with van der Waals surface area (Å²) in [5.74, 6) is 3.11. The first-order chi connectivity index (χ1) is 11.5. The maximum absolute atomic E-state index is 13.4. The third-order valence-electron chi connectivity index (χ3n) is 3.73. The number of nitrogens with zero attached hydrogens (tertiary/aromatic N) is 1. The van der Waals surface area contributed by atoms with Gasteiger partial charge in [-0.25, -0.2) is 4.39 Å². The molecule has 1 heterocycles. The number of hydrogen-bond donors (Lipinski definition) is 2. The Morgan fingerprint density at radius 3 is 2.42 bits per heavy atom. The van der Waals surface area contributed by atoms with Crippen LogP contribution in [0.5, 0.6) is 0 Å². The summed E-state index contributed by atoms with van der Waals surface area (Å²) in [4.78, 5) is 4.23. The third kappa shape index (κ3) is 5.03. The molecular weight excluding hydrogens is 325 g/mol. The topological polar surface area (TPSA) is 49.6 Å². The van der Waals surface area contributed by atoms with E-state index >= 15 is 0 Å². The predicted octanol–water partition coefficient (Wildman–Crippen LogP) is 3.76. The van der Waals surface area contributed by atoms with Crippen LogP contribution in [0.3, 0.4) is 0 Å². The number of rotatable bonds is 6. The zero-order valence-electron chi connectivity index (χ0n) is 14.6. The molecule has 6 heteroatoms. The molecule has 1 aromatic carbocycles. The van der Waals surface area contributed by atoms with Crippen molar-refractivity contribution in [3.63, 3.8) is 0 Å². The van der Waals surface area contributed by atoms with E-state index in [4.69, 9.17) is 4.42 Å². The molecular formula is C18H24FN3OS. The minimum atomic E-state index is -0.198. The van der Waals surface area contributed by atoms with E-state index in [1.165, 1.54) is 6.07 Å². The predicted molar refractivity (Wildman–Crippen MR) is 98.8 cm³/mol. The zero-order chi connectivity index (χ0) is 17.5. The monoisotopic (exact) mass is 349 g/mol. The molecule has 2 N–H and O–H groups in total. The molecule has 0 atom stereocenters. The maximum Gasteiger partial charge on any atom is 0.191 e. The van der Waals surface area contributed by atoms with Gasteiger partial charge in [0.1, 0.15) is 17.3 Å². The van der Waals surface area contributed by atoms with Crippen molar-refractivity contribution < 1.29 is 8.81 Å². The van der Waals surface area contributed by atoms with Gasteiger partial charge in [0.25, 0.3) is 0 Å². The molecule has 1 aromatic heterocycles. The van der Waals surface area contributed by atoms with Crippen molar-refractivity contribution in [2.45, 2.75) is 32.7 Å². The van der Waals surface area contributed by atoms with Gasteiger partial charge < -0.3 is 15.1 Å². The number of aliphatic imine (C=N–C) groups is 1. The van der Waals surface area contributed by atoms with E-state index in [2.05, 4.69) is 15.6 Å². The highest BCUT2D eigenvalue weighted by Crippen LogP contribution is 2.17. The minimum Gasteiger partial charge on any atom is -0.466 e. The molecule has 130 valence electrons. The van der Waals surface area contributed by atoms with Gasteiger partial charge in [-0.2, -0.15) is 11.8 Å². The van der Waals surface area contributed by atoms with E-state index in [0.29, 0.717) is 19.0 Å². The van der Waals surface area contributed by atoms with Crippen LogP contribution in [-0.2, 0) is 18.8 Å². The lowest BCUT2D eigenvalue weighted by Gasteiger charge is -2.14. The summed E-state index contributed by atoms with van der Waals surface area (Å²) >= 11 is 1.68. The van der Waals surface area contributed by atoms with Gasteiger partial charge >= 0.3 is 0 Å². The van der Waals surface area contributed by atoms with E-state index in [1.54, 1.807) is 24.9 Å². The molecule has 2 rings (SSSR count). The van der Waals surface area contributed by atoms with E-state index in [9.17, 15) is 4.39 Å². The number of thioether (sulfide) groups is 1. The van der Waals surface area contributed by atoms with Gasteiger partial charge in [-0.1, -0.05) is 6.07 Å². The number of nitrogens with one attached hydrogen (secondary N) is 2. The summed E-state index contributed by atoms with van der Waals surface area (Å²) in [6.45, 7) is 5.13. The molecule has 0 bridgehead atoms. The lowest BCUT2D eigenvalue weighted by Crippen LogP contribution is -2.36. The van der Waals surface area contributed by atoms with Crippen LogP contribution in [0.1, 0.15) is 28.2 Å². The summed E-state index contributed by atoms with van der Waals surface area (Å²) < 4.78 is 18.9. The summed E-state index contributed by atoms with van der Waals surface area (Å²) in [5.41, 5.74) is 3.19. The first-order valence-corrected chi connectivity index (χ1v) is 9.19. The highest BCUT2D eigenvalue weighted by molar-refractivity contribution is 7.97. The Morgan fingerprint density at radius 2 is 1.83 bits per heavy atom. The molecule has 0 radical (unpaired) electrons.